The topological polar surface area (TPSA) is 64.0 Å². The summed E-state index contributed by atoms with van der Waals surface area (Å²) in [4.78, 5) is 26.0. The molecule has 0 atom stereocenters. The number of hydrogen-bond donors (Lipinski definition) is 1. The van der Waals surface area contributed by atoms with E-state index >= 15 is 0 Å². The molecule has 5 nitrogen and oxygen atoms in total. The van der Waals surface area contributed by atoms with Crippen LogP contribution in [0.25, 0.3) is 10.8 Å². The van der Waals surface area contributed by atoms with Gasteiger partial charge < -0.3 is 5.32 Å². The summed E-state index contributed by atoms with van der Waals surface area (Å²) in [5, 5.41) is 8.56. The summed E-state index contributed by atoms with van der Waals surface area (Å²) in [6.07, 6.45) is 2.94. The maximum atomic E-state index is 13.2. The van der Waals surface area contributed by atoms with Gasteiger partial charge in [-0.15, -0.1) is 23.5 Å². The number of fused-ring (bicyclic) bond motifs is 1. The number of rotatable bonds is 7. The van der Waals surface area contributed by atoms with E-state index < -0.39 is 0 Å². The van der Waals surface area contributed by atoms with E-state index in [2.05, 4.69) is 23.4 Å². The zero-order chi connectivity index (χ0) is 20.9. The molecule has 1 aliphatic heterocycles. The van der Waals surface area contributed by atoms with E-state index in [1.54, 1.807) is 12.1 Å². The van der Waals surface area contributed by atoms with Crippen molar-refractivity contribution in [2.24, 2.45) is 0 Å². The Balaban J connectivity index is 1.65. The Morgan fingerprint density at radius 2 is 1.87 bits per heavy atom. The highest BCUT2D eigenvalue weighted by atomic mass is 32.2. The minimum atomic E-state index is -0.292. The molecule has 3 aromatic rings. The van der Waals surface area contributed by atoms with Crippen molar-refractivity contribution < 1.29 is 4.79 Å². The first-order valence-corrected chi connectivity index (χ1v) is 12.4. The molecule has 4 rings (SSSR count). The molecule has 0 bridgehead atoms. The van der Waals surface area contributed by atoms with Crippen LogP contribution < -0.4 is 10.9 Å². The SMILES string of the molecule is CCCCCn1nc(C(=O)Nc2cccc(C3SCCS3)c2)c2ccccc2c1=O. The number of benzene rings is 2. The molecule has 1 aliphatic rings. The van der Waals surface area contributed by atoms with Crippen molar-refractivity contribution in [3.05, 3.63) is 70.1 Å². The summed E-state index contributed by atoms with van der Waals surface area (Å²) in [6, 6.07) is 15.2. The van der Waals surface area contributed by atoms with Crippen LogP contribution in [0.5, 0.6) is 0 Å². The Hall–Kier alpha value is -2.25. The molecule has 1 N–H and O–H groups in total. The summed E-state index contributed by atoms with van der Waals surface area (Å²) in [5.41, 5.74) is 2.11. The van der Waals surface area contributed by atoms with Crippen LogP contribution in [-0.4, -0.2) is 27.2 Å². The second kappa shape index (κ2) is 9.71. The Bertz CT molecular complexity index is 1110. The number of unbranched alkanes of at least 4 members (excludes halogenated alkanes) is 2. The smallest absolute Gasteiger partial charge is 0.276 e. The van der Waals surface area contributed by atoms with Crippen LogP contribution >= 0.6 is 23.5 Å². The summed E-state index contributed by atoms with van der Waals surface area (Å²) < 4.78 is 1.86. The maximum Gasteiger partial charge on any atom is 0.276 e. The number of anilines is 1. The van der Waals surface area contributed by atoms with Gasteiger partial charge in [-0.05, 0) is 30.2 Å². The summed E-state index contributed by atoms with van der Waals surface area (Å²) >= 11 is 3.87. The number of thioether (sulfide) groups is 2. The molecule has 1 aromatic heterocycles. The van der Waals surface area contributed by atoms with E-state index in [0.29, 0.717) is 21.9 Å². The number of carbonyl (C=O) groups excluding carboxylic acids is 1. The van der Waals surface area contributed by atoms with E-state index in [-0.39, 0.29) is 17.2 Å². The third-order valence-corrected chi connectivity index (χ3v) is 8.20. The predicted molar refractivity (Wildman–Crippen MR) is 128 cm³/mol. The van der Waals surface area contributed by atoms with E-state index in [0.717, 1.165) is 36.5 Å². The van der Waals surface area contributed by atoms with Gasteiger partial charge in [-0.2, -0.15) is 5.10 Å². The minimum Gasteiger partial charge on any atom is -0.321 e. The van der Waals surface area contributed by atoms with Gasteiger partial charge in [0.1, 0.15) is 0 Å². The Morgan fingerprint density at radius 1 is 1.10 bits per heavy atom. The minimum absolute atomic E-state index is 0.143. The van der Waals surface area contributed by atoms with Gasteiger partial charge >= 0.3 is 0 Å². The van der Waals surface area contributed by atoms with Crippen molar-refractivity contribution in [1.82, 2.24) is 9.78 Å². The van der Waals surface area contributed by atoms with Gasteiger partial charge in [-0.3, -0.25) is 9.59 Å². The van der Waals surface area contributed by atoms with Gasteiger partial charge in [-0.1, -0.05) is 50.1 Å². The normalized spacial score (nSPS) is 14.3. The fourth-order valence-electron chi connectivity index (χ4n) is 3.57. The lowest BCUT2D eigenvalue weighted by Crippen LogP contribution is -2.27. The predicted octanol–water partition coefficient (Wildman–Crippen LogP) is 5.32. The lowest BCUT2D eigenvalue weighted by Gasteiger charge is -2.13. The average Bonchev–Trinajstić information content (AvgIpc) is 3.31. The van der Waals surface area contributed by atoms with Crippen LogP contribution in [0.4, 0.5) is 5.69 Å². The van der Waals surface area contributed by atoms with Crippen LogP contribution in [0.1, 0.15) is 46.8 Å². The Labute approximate surface area is 184 Å². The highest BCUT2D eigenvalue weighted by Gasteiger charge is 2.20. The molecular formula is C23H25N3O2S2. The molecule has 7 heteroatoms. The van der Waals surface area contributed by atoms with E-state index in [4.69, 9.17) is 0 Å². The maximum absolute atomic E-state index is 13.2. The highest BCUT2D eigenvalue weighted by Crippen LogP contribution is 2.45. The Kier molecular flexibility index (Phi) is 6.79. The highest BCUT2D eigenvalue weighted by molar-refractivity contribution is 8.19. The van der Waals surface area contributed by atoms with E-state index in [9.17, 15) is 9.59 Å². The second-order valence-corrected chi connectivity index (χ2v) is 10.0. The van der Waals surface area contributed by atoms with Crippen LogP contribution in [0.2, 0.25) is 0 Å². The quantitative estimate of drug-likeness (QED) is 0.505. The fourth-order valence-corrected chi connectivity index (χ4v) is 6.41. The van der Waals surface area contributed by atoms with Crippen molar-refractivity contribution in [2.75, 3.05) is 16.8 Å². The molecule has 0 radical (unpaired) electrons. The molecule has 2 aromatic carbocycles. The van der Waals surface area contributed by atoms with Gasteiger partial charge in [0.2, 0.25) is 0 Å². The third-order valence-electron chi connectivity index (χ3n) is 5.09. The largest absolute Gasteiger partial charge is 0.321 e. The number of hydrogen-bond acceptors (Lipinski definition) is 5. The summed E-state index contributed by atoms with van der Waals surface area (Å²) in [5.74, 6) is 2.02. The van der Waals surface area contributed by atoms with Gasteiger partial charge in [0.15, 0.2) is 5.69 Å². The second-order valence-electron chi connectivity index (χ2n) is 7.28. The average molecular weight is 440 g/mol. The van der Waals surface area contributed by atoms with Crippen molar-refractivity contribution >= 4 is 45.9 Å². The number of aromatic nitrogens is 2. The Morgan fingerprint density at radius 3 is 2.63 bits per heavy atom. The molecule has 0 spiro atoms. The van der Waals surface area contributed by atoms with Gasteiger partial charge in [0.25, 0.3) is 11.5 Å². The van der Waals surface area contributed by atoms with Crippen molar-refractivity contribution in [3.8, 4) is 0 Å². The zero-order valence-electron chi connectivity index (χ0n) is 17.0. The molecule has 30 heavy (non-hydrogen) atoms. The standard InChI is InChI=1S/C23H25N3O2S2/c1-2-3-6-12-26-22(28)19-11-5-4-10-18(19)20(25-26)21(27)24-17-9-7-8-16(15-17)23-29-13-14-30-23/h4-5,7-11,15,23H,2-3,6,12-14H2,1H3,(H,24,27). The first-order valence-electron chi connectivity index (χ1n) is 10.3. The van der Waals surface area contributed by atoms with Crippen molar-refractivity contribution in [3.63, 3.8) is 0 Å². The van der Waals surface area contributed by atoms with Crippen LogP contribution in [-0.2, 0) is 6.54 Å². The fraction of sp³-hybridized carbons (Fsp3) is 0.348. The number of aryl methyl sites for hydroxylation is 1. The van der Waals surface area contributed by atoms with Gasteiger partial charge in [-0.25, -0.2) is 4.68 Å². The third kappa shape index (κ3) is 4.57. The lowest BCUT2D eigenvalue weighted by molar-refractivity contribution is 0.102. The van der Waals surface area contributed by atoms with Crippen molar-refractivity contribution in [2.45, 2.75) is 37.3 Å². The molecule has 2 heterocycles. The van der Waals surface area contributed by atoms with Crippen LogP contribution in [0.15, 0.2) is 53.3 Å². The zero-order valence-corrected chi connectivity index (χ0v) is 18.6. The molecular weight excluding hydrogens is 414 g/mol. The monoisotopic (exact) mass is 439 g/mol. The van der Waals surface area contributed by atoms with E-state index in [1.165, 1.54) is 10.2 Å². The number of carbonyl (C=O) groups is 1. The molecule has 1 fully saturated rings. The summed E-state index contributed by atoms with van der Waals surface area (Å²) in [6.45, 7) is 2.63. The molecule has 1 amide bonds. The first-order chi connectivity index (χ1) is 14.7. The van der Waals surface area contributed by atoms with E-state index in [1.807, 2.05) is 53.9 Å². The first kappa shape index (κ1) is 21.0. The molecule has 156 valence electrons. The number of nitrogens with one attached hydrogen (secondary N) is 1. The van der Waals surface area contributed by atoms with Crippen LogP contribution in [0, 0.1) is 0 Å². The van der Waals surface area contributed by atoms with Crippen LogP contribution in [0.3, 0.4) is 0 Å². The molecule has 1 saturated heterocycles. The number of amides is 1. The van der Waals surface area contributed by atoms with Gasteiger partial charge in [0.05, 0.1) is 9.97 Å². The lowest BCUT2D eigenvalue weighted by atomic mass is 10.1. The molecule has 0 unspecified atom stereocenters. The summed E-state index contributed by atoms with van der Waals surface area (Å²) in [7, 11) is 0. The van der Waals surface area contributed by atoms with Crippen molar-refractivity contribution in [1.29, 1.82) is 0 Å². The molecule has 0 aliphatic carbocycles. The molecule has 0 saturated carbocycles. The number of nitrogens with zero attached hydrogens (tertiary/aromatic N) is 2. The van der Waals surface area contributed by atoms with Gasteiger partial charge in [0, 0.05) is 29.1 Å².